The van der Waals surface area contributed by atoms with Crippen molar-refractivity contribution in [3.05, 3.63) is 12.7 Å². The molecule has 0 aromatic carbocycles. The highest BCUT2D eigenvalue weighted by Gasteiger charge is 2.54. The molecule has 0 bridgehead atoms. The Labute approximate surface area is 244 Å². The van der Waals surface area contributed by atoms with Gasteiger partial charge in [0.25, 0.3) is 5.91 Å². The van der Waals surface area contributed by atoms with E-state index in [1.807, 2.05) is 41.5 Å². The van der Waals surface area contributed by atoms with Crippen LogP contribution in [0.25, 0.3) is 0 Å². The van der Waals surface area contributed by atoms with Crippen molar-refractivity contribution in [2.45, 2.75) is 123 Å². The molecule has 41 heavy (non-hydrogen) atoms. The molecule has 0 aromatic heterocycles. The van der Waals surface area contributed by atoms with Crippen LogP contribution >= 0.6 is 0 Å². The van der Waals surface area contributed by atoms with E-state index in [1.165, 1.54) is 11.0 Å². The summed E-state index contributed by atoms with van der Waals surface area (Å²) in [6.45, 7) is 20.3. The molecule has 0 aliphatic carbocycles. The second-order valence-electron chi connectivity index (χ2n) is 13.7. The fraction of sp³-hybridized carbons (Fsp3) is 0.767. The third-order valence-electron chi connectivity index (χ3n) is 7.31. The maximum atomic E-state index is 14.2. The molecule has 2 rings (SSSR count). The largest absolute Gasteiger partial charge is 0.444 e. The Balaban J connectivity index is 2.41. The number of hydrogen-bond acceptors (Lipinski definition) is 7. The zero-order chi connectivity index (χ0) is 31.3. The molecule has 2 heterocycles. The lowest BCUT2D eigenvalue weighted by Crippen LogP contribution is -2.60. The van der Waals surface area contributed by atoms with Gasteiger partial charge in [0.2, 0.25) is 17.6 Å². The Morgan fingerprint density at radius 1 is 1.10 bits per heavy atom. The predicted octanol–water partition coefficient (Wildman–Crippen LogP) is 2.87. The predicted molar refractivity (Wildman–Crippen MR) is 155 cm³/mol. The topological polar surface area (TPSA) is 143 Å². The molecule has 2 fully saturated rings. The van der Waals surface area contributed by atoms with Crippen molar-refractivity contribution in [1.82, 2.24) is 20.9 Å². The number of carbonyl (C=O) groups is 5. The van der Waals surface area contributed by atoms with E-state index in [9.17, 15) is 24.0 Å². The van der Waals surface area contributed by atoms with E-state index in [-0.39, 0.29) is 25.4 Å². The molecule has 0 spiro atoms. The molecule has 0 radical (unpaired) electrons. The second-order valence-corrected chi connectivity index (χ2v) is 13.7. The average molecular weight is 579 g/mol. The minimum Gasteiger partial charge on any atom is -0.444 e. The van der Waals surface area contributed by atoms with Gasteiger partial charge in [-0.25, -0.2) is 4.79 Å². The summed E-state index contributed by atoms with van der Waals surface area (Å²) in [5, 5.41) is 7.96. The molecule has 2 aliphatic heterocycles. The van der Waals surface area contributed by atoms with Gasteiger partial charge in [-0.05, 0) is 59.3 Å². The van der Waals surface area contributed by atoms with Crippen LogP contribution in [0.4, 0.5) is 4.79 Å². The number of fused-ring (bicyclic) bond motifs is 1. The number of nitrogens with one attached hydrogen (secondary N) is 3. The summed E-state index contributed by atoms with van der Waals surface area (Å²) < 4.78 is 11.7. The van der Waals surface area contributed by atoms with Gasteiger partial charge in [-0.3, -0.25) is 19.2 Å². The van der Waals surface area contributed by atoms with Gasteiger partial charge in [0.15, 0.2) is 0 Å². The van der Waals surface area contributed by atoms with Gasteiger partial charge < -0.3 is 30.3 Å². The van der Waals surface area contributed by atoms with Gasteiger partial charge >= 0.3 is 6.09 Å². The van der Waals surface area contributed by atoms with Gasteiger partial charge in [0, 0.05) is 19.0 Å². The molecule has 5 atom stereocenters. The van der Waals surface area contributed by atoms with Crippen LogP contribution in [-0.2, 0) is 28.7 Å². The van der Waals surface area contributed by atoms with Crippen molar-refractivity contribution in [3.8, 4) is 0 Å². The number of alkyl carbamates (subject to hydrolysis) is 1. The molecule has 0 aromatic rings. The van der Waals surface area contributed by atoms with Crippen LogP contribution in [0.1, 0.15) is 88.0 Å². The highest BCUT2D eigenvalue weighted by atomic mass is 16.6. The van der Waals surface area contributed by atoms with Crippen LogP contribution in [0.2, 0.25) is 0 Å². The molecule has 3 N–H and O–H groups in total. The molecule has 11 heteroatoms. The summed E-state index contributed by atoms with van der Waals surface area (Å²) >= 11 is 0. The normalized spacial score (nSPS) is 23.4. The first kappa shape index (κ1) is 34.3. The molecular formula is C30H50N4O7. The van der Waals surface area contributed by atoms with E-state index >= 15 is 0 Å². The van der Waals surface area contributed by atoms with Crippen molar-refractivity contribution >= 4 is 29.6 Å². The van der Waals surface area contributed by atoms with Crippen molar-refractivity contribution in [1.29, 1.82) is 0 Å². The van der Waals surface area contributed by atoms with E-state index < -0.39 is 70.4 Å². The SMILES string of the molecule is C=CCNC(=O)C(=O)C(CCC)NC(=O)[C@@H]1[C@H]2CCC(C)(C)O[C@H]2CN1C(=O)[C@@H](NC(=O)OC(C)(C)C)C(C)(C)C. The van der Waals surface area contributed by atoms with Crippen LogP contribution in [-0.4, -0.2) is 83.0 Å². The van der Waals surface area contributed by atoms with Gasteiger partial charge in [0.1, 0.15) is 17.7 Å². The third kappa shape index (κ3) is 9.28. The number of amides is 4. The third-order valence-corrected chi connectivity index (χ3v) is 7.31. The van der Waals surface area contributed by atoms with Crippen LogP contribution in [0.3, 0.4) is 0 Å². The lowest BCUT2D eigenvalue weighted by Gasteiger charge is -2.39. The van der Waals surface area contributed by atoms with E-state index in [1.54, 1.807) is 20.8 Å². The maximum Gasteiger partial charge on any atom is 0.408 e. The number of ether oxygens (including phenoxy) is 2. The number of likely N-dealkylation sites (tertiary alicyclic amines) is 1. The number of hydrogen-bond donors (Lipinski definition) is 3. The number of ketones is 1. The lowest BCUT2D eigenvalue weighted by atomic mass is 9.83. The minimum absolute atomic E-state index is 0.123. The monoisotopic (exact) mass is 578 g/mol. The fourth-order valence-corrected chi connectivity index (χ4v) is 5.36. The first-order valence-electron chi connectivity index (χ1n) is 14.5. The Morgan fingerprint density at radius 3 is 2.27 bits per heavy atom. The Hall–Kier alpha value is -2.95. The lowest BCUT2D eigenvalue weighted by molar-refractivity contribution is -0.145. The smallest absolute Gasteiger partial charge is 0.408 e. The summed E-state index contributed by atoms with van der Waals surface area (Å²) in [6.07, 6.45) is 2.44. The van der Waals surface area contributed by atoms with E-state index in [0.717, 1.165) is 0 Å². The van der Waals surface area contributed by atoms with Crippen molar-refractivity contribution < 1.29 is 33.4 Å². The summed E-state index contributed by atoms with van der Waals surface area (Å²) in [5.74, 6) is -2.85. The zero-order valence-electron chi connectivity index (χ0n) is 26.2. The molecule has 11 nitrogen and oxygen atoms in total. The molecule has 4 amide bonds. The molecule has 232 valence electrons. The molecule has 1 unspecified atom stereocenters. The highest BCUT2D eigenvalue weighted by Crippen LogP contribution is 2.41. The quantitative estimate of drug-likeness (QED) is 0.267. The first-order chi connectivity index (χ1) is 18.8. The number of nitrogens with zero attached hydrogens (tertiary/aromatic N) is 1. The Bertz CT molecular complexity index is 1010. The Morgan fingerprint density at radius 2 is 1.73 bits per heavy atom. The Kier molecular flexibility index (Phi) is 11.2. The molecule has 0 saturated carbocycles. The van der Waals surface area contributed by atoms with Crippen LogP contribution < -0.4 is 16.0 Å². The van der Waals surface area contributed by atoms with Gasteiger partial charge in [-0.15, -0.1) is 6.58 Å². The molecular weight excluding hydrogens is 528 g/mol. The number of rotatable bonds is 10. The fourth-order valence-electron chi connectivity index (χ4n) is 5.36. The summed E-state index contributed by atoms with van der Waals surface area (Å²) in [4.78, 5) is 67.6. The number of carbonyl (C=O) groups excluding carboxylic acids is 5. The van der Waals surface area contributed by atoms with Crippen LogP contribution in [0.15, 0.2) is 12.7 Å². The van der Waals surface area contributed by atoms with E-state index in [0.29, 0.717) is 19.3 Å². The average Bonchev–Trinajstić information content (AvgIpc) is 3.20. The first-order valence-corrected chi connectivity index (χ1v) is 14.5. The maximum absolute atomic E-state index is 14.2. The van der Waals surface area contributed by atoms with E-state index in [4.69, 9.17) is 9.47 Å². The highest BCUT2D eigenvalue weighted by molar-refractivity contribution is 6.38. The zero-order valence-corrected chi connectivity index (χ0v) is 26.2. The molecule has 2 aliphatic rings. The summed E-state index contributed by atoms with van der Waals surface area (Å²) in [5.41, 5.74) is -1.91. The number of Topliss-reactive ketones (excluding diaryl/α,β-unsaturated/α-hetero) is 1. The van der Waals surface area contributed by atoms with Crippen LogP contribution in [0, 0.1) is 11.3 Å². The second kappa shape index (κ2) is 13.4. The van der Waals surface area contributed by atoms with Gasteiger partial charge in [0.05, 0.1) is 17.7 Å². The standard InChI is InChI=1S/C30H50N4O7/c1-11-13-19(22(35)25(37)31-16-12-2)32-24(36)21-18-14-15-30(9,10)40-20(18)17-34(21)26(38)23(28(3,4)5)33-27(39)41-29(6,7)8/h12,18-21,23H,2,11,13-17H2,1,3-10H3,(H,31,37)(H,32,36)(H,33,39)/t18-,19?,20-,21-,23+/m0/s1. The summed E-state index contributed by atoms with van der Waals surface area (Å²) in [6, 6.07) is -3.00. The van der Waals surface area contributed by atoms with Crippen molar-refractivity contribution in [2.24, 2.45) is 11.3 Å². The van der Waals surface area contributed by atoms with Gasteiger partial charge in [-0.2, -0.15) is 0 Å². The van der Waals surface area contributed by atoms with Gasteiger partial charge in [-0.1, -0.05) is 40.2 Å². The van der Waals surface area contributed by atoms with E-state index in [2.05, 4.69) is 22.5 Å². The van der Waals surface area contributed by atoms with Crippen LogP contribution in [0.5, 0.6) is 0 Å². The molecule has 2 saturated heterocycles. The minimum atomic E-state index is -1.05. The van der Waals surface area contributed by atoms with Crippen molar-refractivity contribution in [3.63, 3.8) is 0 Å². The summed E-state index contributed by atoms with van der Waals surface area (Å²) in [7, 11) is 0. The van der Waals surface area contributed by atoms with Crippen molar-refractivity contribution in [2.75, 3.05) is 13.1 Å².